The minimum absolute atomic E-state index is 0.0386. The maximum atomic E-state index is 4.57. The van der Waals surface area contributed by atoms with Crippen LogP contribution < -0.4 is 10.6 Å². The van der Waals surface area contributed by atoms with Crippen LogP contribution in [0.2, 0.25) is 0 Å². The molecule has 1 aliphatic heterocycles. The molecule has 1 fully saturated rings. The number of guanidine groups is 1. The van der Waals surface area contributed by atoms with Gasteiger partial charge in [-0.15, -0.1) is 11.3 Å². The molecule has 0 radical (unpaired) electrons. The summed E-state index contributed by atoms with van der Waals surface area (Å²) in [6.45, 7) is 12.8. The second-order valence-corrected chi connectivity index (χ2v) is 8.47. The van der Waals surface area contributed by atoms with Gasteiger partial charge in [0.1, 0.15) is 0 Å². The lowest BCUT2D eigenvalue weighted by molar-refractivity contribution is 0.176. The normalized spacial score (nSPS) is 18.2. The quantitative estimate of drug-likeness (QED) is 0.655. The van der Waals surface area contributed by atoms with E-state index in [9.17, 15) is 0 Å². The number of aryl methyl sites for hydroxylation is 1. The second kappa shape index (κ2) is 8.11. The van der Waals surface area contributed by atoms with Crippen LogP contribution in [0, 0.1) is 12.8 Å². The molecule has 2 heterocycles. The van der Waals surface area contributed by atoms with E-state index in [0.29, 0.717) is 0 Å². The molecule has 6 heteroatoms. The Morgan fingerprint density at radius 2 is 2.09 bits per heavy atom. The fourth-order valence-electron chi connectivity index (χ4n) is 2.83. The fraction of sp³-hybridized carbons (Fsp3) is 0.765. The van der Waals surface area contributed by atoms with Crippen LogP contribution in [0.1, 0.15) is 44.3 Å². The molecule has 2 rings (SSSR count). The Bertz CT molecular complexity index is 509. The van der Waals surface area contributed by atoms with Crippen molar-refractivity contribution in [3.63, 3.8) is 0 Å². The number of hydrogen-bond acceptors (Lipinski definition) is 4. The number of aliphatic imine (C=N–C) groups is 1. The maximum Gasteiger partial charge on any atom is 0.191 e. The summed E-state index contributed by atoms with van der Waals surface area (Å²) in [5.74, 6) is 1.62. The number of thiazole rings is 1. The Morgan fingerprint density at radius 3 is 2.61 bits per heavy atom. The van der Waals surface area contributed by atoms with Crippen LogP contribution in [-0.4, -0.2) is 48.1 Å². The van der Waals surface area contributed by atoms with Crippen LogP contribution in [0.5, 0.6) is 0 Å². The van der Waals surface area contributed by atoms with Crippen molar-refractivity contribution in [1.82, 2.24) is 20.5 Å². The molecule has 2 N–H and O–H groups in total. The highest BCUT2D eigenvalue weighted by Gasteiger charge is 2.20. The molecule has 0 unspecified atom stereocenters. The van der Waals surface area contributed by atoms with Crippen molar-refractivity contribution >= 4 is 17.3 Å². The van der Waals surface area contributed by atoms with Gasteiger partial charge in [0.05, 0.1) is 10.7 Å². The zero-order valence-corrected chi connectivity index (χ0v) is 16.0. The number of hydrogen-bond donors (Lipinski definition) is 2. The molecule has 5 nitrogen and oxygen atoms in total. The minimum atomic E-state index is 0.0386. The Hall–Kier alpha value is -1.14. The van der Waals surface area contributed by atoms with Crippen LogP contribution in [0.4, 0.5) is 0 Å². The zero-order valence-electron chi connectivity index (χ0n) is 15.1. The van der Waals surface area contributed by atoms with Gasteiger partial charge in [-0.3, -0.25) is 9.89 Å². The number of nitrogens with one attached hydrogen (secondary N) is 2. The van der Waals surface area contributed by atoms with Crippen LogP contribution in [0.3, 0.4) is 0 Å². The van der Waals surface area contributed by atoms with E-state index in [1.54, 1.807) is 11.3 Å². The number of aromatic nitrogens is 1. The van der Waals surface area contributed by atoms with E-state index in [-0.39, 0.29) is 5.54 Å². The van der Waals surface area contributed by atoms with Gasteiger partial charge in [-0.1, -0.05) is 0 Å². The van der Waals surface area contributed by atoms with Gasteiger partial charge in [0.2, 0.25) is 0 Å². The molecule has 0 atom stereocenters. The highest BCUT2D eigenvalue weighted by Crippen LogP contribution is 2.19. The van der Waals surface area contributed by atoms with Crippen molar-refractivity contribution in [3.8, 4) is 0 Å². The fourth-order valence-corrected chi connectivity index (χ4v) is 3.44. The van der Waals surface area contributed by atoms with Crippen molar-refractivity contribution in [2.24, 2.45) is 10.9 Å². The Morgan fingerprint density at radius 1 is 1.39 bits per heavy atom. The molecule has 0 spiro atoms. The molecular weight excluding hydrogens is 306 g/mol. The standard InChI is InChI=1S/C17H31N5S/c1-13-20-15(12-23-13)11-22-8-6-14(7-9-22)10-19-16(18-5)21-17(2,3)4/h12,14H,6-11H2,1-5H3,(H2,18,19,21). The number of piperidine rings is 1. The summed E-state index contributed by atoms with van der Waals surface area (Å²) in [7, 11) is 1.83. The smallest absolute Gasteiger partial charge is 0.191 e. The average Bonchev–Trinajstić information content (AvgIpc) is 2.89. The van der Waals surface area contributed by atoms with Crippen molar-refractivity contribution in [3.05, 3.63) is 16.1 Å². The summed E-state index contributed by atoms with van der Waals surface area (Å²) < 4.78 is 0. The molecule has 0 saturated carbocycles. The van der Waals surface area contributed by atoms with Crippen molar-refractivity contribution < 1.29 is 0 Å². The summed E-state index contributed by atoms with van der Waals surface area (Å²) in [6, 6.07) is 0. The first kappa shape index (κ1) is 18.2. The van der Waals surface area contributed by atoms with Crippen molar-refractivity contribution in [2.75, 3.05) is 26.7 Å². The summed E-state index contributed by atoms with van der Waals surface area (Å²) >= 11 is 1.74. The molecule has 0 bridgehead atoms. The van der Waals surface area contributed by atoms with E-state index >= 15 is 0 Å². The van der Waals surface area contributed by atoms with Gasteiger partial charge in [-0.25, -0.2) is 4.98 Å². The number of likely N-dealkylation sites (tertiary alicyclic amines) is 1. The van der Waals surface area contributed by atoms with Gasteiger partial charge < -0.3 is 10.6 Å². The summed E-state index contributed by atoms with van der Waals surface area (Å²) in [6.07, 6.45) is 2.48. The van der Waals surface area contributed by atoms with Gasteiger partial charge in [0.25, 0.3) is 0 Å². The lowest BCUT2D eigenvalue weighted by atomic mass is 9.97. The van der Waals surface area contributed by atoms with Crippen molar-refractivity contribution in [2.45, 2.75) is 52.6 Å². The van der Waals surface area contributed by atoms with E-state index in [1.807, 2.05) is 7.05 Å². The monoisotopic (exact) mass is 337 g/mol. The van der Waals surface area contributed by atoms with Gasteiger partial charge in [0, 0.05) is 31.1 Å². The second-order valence-electron chi connectivity index (χ2n) is 7.41. The largest absolute Gasteiger partial charge is 0.356 e. The highest BCUT2D eigenvalue weighted by atomic mass is 32.1. The molecule has 23 heavy (non-hydrogen) atoms. The number of nitrogens with zero attached hydrogens (tertiary/aromatic N) is 3. The molecule has 0 amide bonds. The van der Waals surface area contributed by atoms with Crippen LogP contribution in [0.15, 0.2) is 10.4 Å². The first-order valence-corrected chi connectivity index (χ1v) is 9.36. The Balaban J connectivity index is 1.70. The van der Waals surface area contributed by atoms with E-state index in [0.717, 1.165) is 43.1 Å². The first-order valence-electron chi connectivity index (χ1n) is 8.48. The van der Waals surface area contributed by atoms with E-state index in [4.69, 9.17) is 0 Å². The lowest BCUT2D eigenvalue weighted by Crippen LogP contribution is -2.49. The van der Waals surface area contributed by atoms with Gasteiger partial charge in [-0.05, 0) is 59.5 Å². The molecular formula is C17H31N5S. The third-order valence-corrected chi connectivity index (χ3v) is 4.86. The average molecular weight is 338 g/mol. The molecule has 130 valence electrons. The Labute approximate surface area is 144 Å². The highest BCUT2D eigenvalue weighted by molar-refractivity contribution is 7.09. The lowest BCUT2D eigenvalue weighted by Gasteiger charge is -2.32. The van der Waals surface area contributed by atoms with E-state index in [2.05, 4.69) is 58.6 Å². The van der Waals surface area contributed by atoms with Crippen LogP contribution in [-0.2, 0) is 6.54 Å². The predicted molar refractivity (Wildman–Crippen MR) is 99.1 cm³/mol. The van der Waals surface area contributed by atoms with Gasteiger partial charge in [0.15, 0.2) is 5.96 Å². The third-order valence-electron chi connectivity index (χ3n) is 4.03. The Kier molecular flexibility index (Phi) is 6.41. The maximum absolute atomic E-state index is 4.57. The molecule has 1 aromatic heterocycles. The zero-order chi connectivity index (χ0) is 16.9. The van der Waals surface area contributed by atoms with Gasteiger partial charge in [-0.2, -0.15) is 0 Å². The van der Waals surface area contributed by atoms with Crippen LogP contribution >= 0.6 is 11.3 Å². The molecule has 0 aromatic carbocycles. The van der Waals surface area contributed by atoms with E-state index in [1.165, 1.54) is 18.5 Å². The van der Waals surface area contributed by atoms with Crippen LogP contribution in [0.25, 0.3) is 0 Å². The predicted octanol–water partition coefficient (Wildman–Crippen LogP) is 2.63. The minimum Gasteiger partial charge on any atom is -0.356 e. The first-order chi connectivity index (χ1) is 10.9. The SMILES string of the molecule is CN=C(NCC1CCN(Cc2csc(C)n2)CC1)NC(C)(C)C. The number of rotatable bonds is 4. The summed E-state index contributed by atoms with van der Waals surface area (Å²) in [4.78, 5) is 11.4. The third kappa shape index (κ3) is 6.47. The molecule has 0 aliphatic carbocycles. The summed E-state index contributed by atoms with van der Waals surface area (Å²) in [5.41, 5.74) is 1.26. The molecule has 1 aromatic rings. The van der Waals surface area contributed by atoms with E-state index < -0.39 is 0 Å². The summed E-state index contributed by atoms with van der Waals surface area (Å²) in [5, 5.41) is 10.2. The topological polar surface area (TPSA) is 52.6 Å². The van der Waals surface area contributed by atoms with Gasteiger partial charge >= 0.3 is 0 Å². The molecule has 1 aliphatic rings. The molecule has 1 saturated heterocycles. The van der Waals surface area contributed by atoms with Crippen molar-refractivity contribution in [1.29, 1.82) is 0 Å².